The Labute approximate surface area is 104 Å². The first-order valence-electron chi connectivity index (χ1n) is 4.91. The minimum Gasteiger partial charge on any atom is -0.467 e. The molecule has 88 valence electrons. The Morgan fingerprint density at radius 2 is 2.56 bits per heavy atom. The molecular weight excluding hydrogens is 242 g/mol. The number of methoxy groups -OCH3 is 1. The molecule has 0 amide bonds. The van der Waals surface area contributed by atoms with Crippen LogP contribution in [0.4, 0.5) is 0 Å². The van der Waals surface area contributed by atoms with Crippen molar-refractivity contribution in [2.45, 2.75) is 12.5 Å². The molecule has 0 fully saturated rings. The van der Waals surface area contributed by atoms with Crippen LogP contribution in [-0.4, -0.2) is 37.3 Å². The largest absolute Gasteiger partial charge is 0.467 e. The summed E-state index contributed by atoms with van der Waals surface area (Å²) in [5.41, 5.74) is 0. The summed E-state index contributed by atoms with van der Waals surface area (Å²) in [6, 6.07) is 3.55. The van der Waals surface area contributed by atoms with Gasteiger partial charge in [-0.15, -0.1) is 11.3 Å². The lowest BCUT2D eigenvalue weighted by atomic mass is 10.2. The fraction of sp³-hybridized carbons (Fsp3) is 0.455. The zero-order chi connectivity index (χ0) is 11.8. The Morgan fingerprint density at radius 1 is 1.75 bits per heavy atom. The molecule has 0 saturated heterocycles. The molecule has 1 aromatic rings. The number of esters is 1. The molecule has 0 aliphatic heterocycles. The first kappa shape index (κ1) is 13.3. The van der Waals surface area contributed by atoms with Gasteiger partial charge in [0.1, 0.15) is 6.04 Å². The van der Waals surface area contributed by atoms with Gasteiger partial charge in [0.2, 0.25) is 0 Å². The van der Waals surface area contributed by atoms with Crippen molar-refractivity contribution < 1.29 is 9.53 Å². The molecule has 0 saturated carbocycles. The number of rotatable bonds is 6. The summed E-state index contributed by atoms with van der Waals surface area (Å²) in [6.45, 7) is 0. The van der Waals surface area contributed by atoms with Crippen molar-refractivity contribution in [3.05, 3.63) is 22.4 Å². The summed E-state index contributed by atoms with van der Waals surface area (Å²) in [7, 11) is 1.40. The number of thioether (sulfide) groups is 1. The van der Waals surface area contributed by atoms with Gasteiger partial charge in [-0.2, -0.15) is 11.8 Å². The number of thiophene rings is 1. The van der Waals surface area contributed by atoms with Gasteiger partial charge in [-0.3, -0.25) is 4.99 Å². The maximum absolute atomic E-state index is 11.4. The maximum Gasteiger partial charge on any atom is 0.330 e. The highest BCUT2D eigenvalue weighted by molar-refractivity contribution is 7.98. The highest BCUT2D eigenvalue weighted by Gasteiger charge is 2.16. The van der Waals surface area contributed by atoms with Crippen LogP contribution in [0.2, 0.25) is 0 Å². The maximum atomic E-state index is 11.4. The highest BCUT2D eigenvalue weighted by atomic mass is 32.2. The summed E-state index contributed by atoms with van der Waals surface area (Å²) in [4.78, 5) is 16.8. The van der Waals surface area contributed by atoms with E-state index in [2.05, 4.69) is 4.99 Å². The van der Waals surface area contributed by atoms with Crippen LogP contribution in [-0.2, 0) is 9.53 Å². The minimum absolute atomic E-state index is 0.262. The van der Waals surface area contributed by atoms with Crippen molar-refractivity contribution in [2.75, 3.05) is 19.1 Å². The van der Waals surface area contributed by atoms with E-state index in [9.17, 15) is 4.79 Å². The third-order valence-electron chi connectivity index (χ3n) is 1.99. The van der Waals surface area contributed by atoms with Crippen LogP contribution in [0.3, 0.4) is 0 Å². The van der Waals surface area contributed by atoms with Crippen molar-refractivity contribution in [3.63, 3.8) is 0 Å². The number of aliphatic imine (C=N–C) groups is 1. The summed E-state index contributed by atoms with van der Waals surface area (Å²) in [6.07, 6.45) is 4.47. The molecule has 1 rings (SSSR count). The van der Waals surface area contributed by atoms with Crippen molar-refractivity contribution in [3.8, 4) is 0 Å². The molecule has 0 bridgehead atoms. The summed E-state index contributed by atoms with van der Waals surface area (Å²) in [5.74, 6) is 0.642. The molecule has 1 aromatic heterocycles. The van der Waals surface area contributed by atoms with E-state index in [-0.39, 0.29) is 12.0 Å². The normalized spacial score (nSPS) is 12.9. The Bertz CT molecular complexity index is 336. The molecule has 0 radical (unpaired) electrons. The average molecular weight is 257 g/mol. The summed E-state index contributed by atoms with van der Waals surface area (Å²) in [5, 5.41) is 1.98. The average Bonchev–Trinajstić information content (AvgIpc) is 2.81. The van der Waals surface area contributed by atoms with E-state index in [1.54, 1.807) is 29.3 Å². The van der Waals surface area contributed by atoms with Gasteiger partial charge in [-0.05, 0) is 29.9 Å². The van der Waals surface area contributed by atoms with E-state index in [0.717, 1.165) is 17.1 Å². The smallest absolute Gasteiger partial charge is 0.330 e. The topological polar surface area (TPSA) is 38.7 Å². The van der Waals surface area contributed by atoms with Crippen molar-refractivity contribution in [1.29, 1.82) is 0 Å². The molecule has 5 heteroatoms. The molecule has 16 heavy (non-hydrogen) atoms. The van der Waals surface area contributed by atoms with Gasteiger partial charge in [0.25, 0.3) is 0 Å². The number of hydrogen-bond donors (Lipinski definition) is 0. The third-order valence-corrected chi connectivity index (χ3v) is 3.44. The predicted octanol–water partition coefficient (Wildman–Crippen LogP) is 2.46. The standard InChI is InChI=1S/C11H15NO2S2/c1-14-11(13)10(5-7-15-2)12-8-9-4-3-6-16-9/h3-4,6,8,10H,5,7H2,1-2H3/t10-/m1/s1. The van der Waals surface area contributed by atoms with Crippen LogP contribution < -0.4 is 0 Å². The van der Waals surface area contributed by atoms with Crippen LogP contribution in [0.1, 0.15) is 11.3 Å². The van der Waals surface area contributed by atoms with E-state index in [1.165, 1.54) is 7.11 Å². The van der Waals surface area contributed by atoms with Gasteiger partial charge in [0.05, 0.1) is 7.11 Å². The Balaban J connectivity index is 2.58. The van der Waals surface area contributed by atoms with Gasteiger partial charge in [-0.1, -0.05) is 6.07 Å². The Kier molecular flexibility index (Phi) is 6.18. The second kappa shape index (κ2) is 7.46. The van der Waals surface area contributed by atoms with Gasteiger partial charge < -0.3 is 4.74 Å². The fourth-order valence-electron chi connectivity index (χ4n) is 1.15. The number of carbonyl (C=O) groups excluding carboxylic acids is 1. The first-order chi connectivity index (χ1) is 7.77. The van der Waals surface area contributed by atoms with E-state index >= 15 is 0 Å². The van der Waals surface area contributed by atoms with Crippen LogP contribution >= 0.6 is 23.1 Å². The second-order valence-electron chi connectivity index (χ2n) is 3.11. The molecule has 0 aliphatic carbocycles. The molecule has 0 spiro atoms. The highest BCUT2D eigenvalue weighted by Crippen LogP contribution is 2.09. The molecular formula is C11H15NO2S2. The quantitative estimate of drug-likeness (QED) is 0.580. The summed E-state index contributed by atoms with van der Waals surface area (Å²) < 4.78 is 4.72. The molecule has 0 unspecified atom stereocenters. The van der Waals surface area contributed by atoms with Crippen molar-refractivity contribution in [2.24, 2.45) is 4.99 Å². The fourth-order valence-corrected chi connectivity index (χ4v) is 2.20. The number of ether oxygens (including phenoxy) is 1. The molecule has 0 aliphatic rings. The monoisotopic (exact) mass is 257 g/mol. The molecule has 0 N–H and O–H groups in total. The third kappa shape index (κ3) is 4.37. The minimum atomic E-state index is -0.375. The molecule has 3 nitrogen and oxygen atoms in total. The van der Waals surface area contributed by atoms with E-state index in [0.29, 0.717) is 0 Å². The number of nitrogens with zero attached hydrogens (tertiary/aromatic N) is 1. The van der Waals surface area contributed by atoms with Crippen LogP contribution in [0.25, 0.3) is 0 Å². The van der Waals surface area contributed by atoms with Crippen molar-refractivity contribution in [1.82, 2.24) is 0 Å². The Morgan fingerprint density at radius 3 is 3.12 bits per heavy atom. The van der Waals surface area contributed by atoms with Crippen LogP contribution in [0.15, 0.2) is 22.5 Å². The van der Waals surface area contributed by atoms with Gasteiger partial charge in [-0.25, -0.2) is 4.79 Å². The molecule has 1 atom stereocenters. The lowest BCUT2D eigenvalue weighted by Gasteiger charge is -2.08. The van der Waals surface area contributed by atoms with E-state index in [4.69, 9.17) is 4.74 Å². The van der Waals surface area contributed by atoms with Crippen LogP contribution in [0, 0.1) is 0 Å². The second-order valence-corrected chi connectivity index (χ2v) is 5.08. The SMILES string of the molecule is COC(=O)[C@@H](CCSC)N=Cc1cccs1. The van der Waals surface area contributed by atoms with Crippen molar-refractivity contribution >= 4 is 35.3 Å². The lowest BCUT2D eigenvalue weighted by Crippen LogP contribution is -2.21. The number of hydrogen-bond acceptors (Lipinski definition) is 5. The number of carbonyl (C=O) groups is 1. The Hall–Kier alpha value is -0.810. The summed E-state index contributed by atoms with van der Waals surface area (Å²) >= 11 is 3.30. The first-order valence-corrected chi connectivity index (χ1v) is 7.18. The zero-order valence-corrected chi connectivity index (χ0v) is 11.0. The predicted molar refractivity (Wildman–Crippen MR) is 70.7 cm³/mol. The van der Waals surface area contributed by atoms with Gasteiger partial charge >= 0.3 is 5.97 Å². The van der Waals surface area contributed by atoms with E-state index in [1.807, 2.05) is 23.8 Å². The van der Waals surface area contributed by atoms with E-state index < -0.39 is 0 Å². The lowest BCUT2D eigenvalue weighted by molar-refractivity contribution is -0.142. The molecule has 1 heterocycles. The van der Waals surface area contributed by atoms with Gasteiger partial charge in [0, 0.05) is 11.1 Å². The molecule has 0 aromatic carbocycles. The van der Waals surface area contributed by atoms with Gasteiger partial charge in [0.15, 0.2) is 0 Å². The van der Waals surface area contributed by atoms with Crippen LogP contribution in [0.5, 0.6) is 0 Å². The zero-order valence-electron chi connectivity index (χ0n) is 9.38.